The lowest BCUT2D eigenvalue weighted by Gasteiger charge is -2.20. The fourth-order valence-corrected chi connectivity index (χ4v) is 4.72. The van der Waals surface area contributed by atoms with Crippen molar-refractivity contribution >= 4 is 35.3 Å². The number of imidazole rings is 1. The van der Waals surface area contributed by atoms with Crippen molar-refractivity contribution in [1.82, 2.24) is 19.8 Å². The molecule has 29 heavy (non-hydrogen) atoms. The van der Waals surface area contributed by atoms with Crippen LogP contribution in [-0.2, 0) is 16.6 Å². The van der Waals surface area contributed by atoms with Gasteiger partial charge in [-0.1, -0.05) is 25.0 Å². The van der Waals surface area contributed by atoms with Crippen LogP contribution in [0.4, 0.5) is 10.5 Å². The number of para-hydroxylation sites is 1. The summed E-state index contributed by atoms with van der Waals surface area (Å²) in [7, 11) is 1.91. The molecule has 0 atom stereocenters. The fourth-order valence-electron chi connectivity index (χ4n) is 3.83. The summed E-state index contributed by atoms with van der Waals surface area (Å²) in [4.78, 5) is 43.8. The predicted octanol–water partition coefficient (Wildman–Crippen LogP) is 2.76. The monoisotopic (exact) mass is 413 g/mol. The Morgan fingerprint density at radius 3 is 2.76 bits per heavy atom. The van der Waals surface area contributed by atoms with Crippen molar-refractivity contribution in [2.45, 2.75) is 47.7 Å². The van der Waals surface area contributed by atoms with Crippen LogP contribution >= 0.6 is 11.8 Å². The van der Waals surface area contributed by atoms with Crippen LogP contribution in [0.25, 0.3) is 0 Å². The van der Waals surface area contributed by atoms with E-state index in [0.29, 0.717) is 18.5 Å². The molecule has 8 nitrogen and oxygen atoms in total. The van der Waals surface area contributed by atoms with Crippen molar-refractivity contribution in [3.05, 3.63) is 36.7 Å². The van der Waals surface area contributed by atoms with Crippen molar-refractivity contribution < 1.29 is 14.4 Å². The summed E-state index contributed by atoms with van der Waals surface area (Å²) in [6, 6.07) is 7.09. The maximum Gasteiger partial charge on any atom is 0.325 e. The zero-order chi connectivity index (χ0) is 20.4. The number of imide groups is 1. The first kappa shape index (κ1) is 19.5. The number of urea groups is 1. The van der Waals surface area contributed by atoms with E-state index in [1.165, 1.54) is 16.7 Å². The molecule has 0 unspecified atom stereocenters. The van der Waals surface area contributed by atoms with Crippen molar-refractivity contribution in [3.63, 3.8) is 0 Å². The number of nitrogens with one attached hydrogen (secondary N) is 2. The Balaban J connectivity index is 1.38. The van der Waals surface area contributed by atoms with Gasteiger partial charge in [-0.2, -0.15) is 0 Å². The maximum absolute atomic E-state index is 12.7. The summed E-state index contributed by atoms with van der Waals surface area (Å²) in [6.45, 7) is 0.0763. The Kier molecular flexibility index (Phi) is 5.31. The fraction of sp³-hybridized carbons (Fsp3) is 0.400. The van der Waals surface area contributed by atoms with E-state index in [4.69, 9.17) is 0 Å². The highest BCUT2D eigenvalue weighted by atomic mass is 32.2. The maximum atomic E-state index is 12.7. The molecular formula is C20H23N5O3S. The van der Waals surface area contributed by atoms with E-state index in [1.807, 2.05) is 42.1 Å². The Morgan fingerprint density at radius 2 is 2.03 bits per heavy atom. The van der Waals surface area contributed by atoms with Crippen LogP contribution in [0.1, 0.15) is 32.1 Å². The standard InChI is InChI=1S/C20H23N5O3S/c1-24-13-11-21-19(24)29-15-7-3-2-6-14(15)22-16(26)8-12-25-17(27)20(23-18(25)28)9-4-5-10-20/h2-3,6-7,11,13H,4-5,8-10,12H2,1H3,(H,22,26)(H,23,28). The summed E-state index contributed by atoms with van der Waals surface area (Å²) >= 11 is 1.45. The van der Waals surface area contributed by atoms with Gasteiger partial charge in [0.1, 0.15) is 5.54 Å². The van der Waals surface area contributed by atoms with Crippen molar-refractivity contribution in [2.75, 3.05) is 11.9 Å². The second-order valence-corrected chi connectivity index (χ2v) is 8.40. The lowest BCUT2D eigenvalue weighted by atomic mass is 9.98. The van der Waals surface area contributed by atoms with Gasteiger partial charge in [-0.15, -0.1) is 0 Å². The highest BCUT2D eigenvalue weighted by Gasteiger charge is 2.52. The molecular weight excluding hydrogens is 390 g/mol. The van der Waals surface area contributed by atoms with Gasteiger partial charge in [0.2, 0.25) is 5.91 Å². The average Bonchev–Trinajstić information content (AvgIpc) is 3.38. The lowest BCUT2D eigenvalue weighted by molar-refractivity contribution is -0.131. The Labute approximate surface area is 173 Å². The lowest BCUT2D eigenvalue weighted by Crippen LogP contribution is -2.44. The van der Waals surface area contributed by atoms with E-state index in [9.17, 15) is 14.4 Å². The molecule has 0 bridgehead atoms. The number of hydrogen-bond donors (Lipinski definition) is 2. The number of rotatable bonds is 6. The topological polar surface area (TPSA) is 96.3 Å². The van der Waals surface area contributed by atoms with Gasteiger partial charge in [0, 0.05) is 37.3 Å². The molecule has 1 aliphatic carbocycles. The number of aryl methyl sites for hydroxylation is 1. The van der Waals surface area contributed by atoms with Crippen LogP contribution in [0.15, 0.2) is 46.7 Å². The van der Waals surface area contributed by atoms with E-state index in [2.05, 4.69) is 15.6 Å². The molecule has 152 valence electrons. The van der Waals surface area contributed by atoms with Crippen LogP contribution in [-0.4, -0.2) is 44.4 Å². The third-order valence-corrected chi connectivity index (χ3v) is 6.56. The van der Waals surface area contributed by atoms with Crippen molar-refractivity contribution in [2.24, 2.45) is 7.05 Å². The summed E-state index contributed by atoms with van der Waals surface area (Å²) in [6.07, 6.45) is 6.86. The van der Waals surface area contributed by atoms with Crippen molar-refractivity contribution in [3.8, 4) is 0 Å². The zero-order valence-electron chi connectivity index (χ0n) is 16.2. The minimum absolute atomic E-state index is 0.0522. The summed E-state index contributed by atoms with van der Waals surface area (Å²) in [5, 5.41) is 6.54. The number of amides is 4. The van der Waals surface area contributed by atoms with E-state index < -0.39 is 11.6 Å². The van der Waals surface area contributed by atoms with Crippen LogP contribution in [0.3, 0.4) is 0 Å². The third kappa shape index (κ3) is 3.87. The highest BCUT2D eigenvalue weighted by Crippen LogP contribution is 2.35. The van der Waals surface area contributed by atoms with Crippen LogP contribution < -0.4 is 10.6 Å². The van der Waals surface area contributed by atoms with Gasteiger partial charge in [0.05, 0.1) is 5.69 Å². The summed E-state index contributed by atoms with van der Waals surface area (Å²) < 4.78 is 1.90. The van der Waals surface area contributed by atoms with Crippen LogP contribution in [0.2, 0.25) is 0 Å². The molecule has 2 N–H and O–H groups in total. The predicted molar refractivity (Wildman–Crippen MR) is 108 cm³/mol. The first-order chi connectivity index (χ1) is 14.0. The molecule has 1 saturated carbocycles. The molecule has 2 fully saturated rings. The second-order valence-electron chi connectivity index (χ2n) is 7.39. The minimum atomic E-state index is -0.737. The largest absolute Gasteiger partial charge is 0.329 e. The Morgan fingerprint density at radius 1 is 1.28 bits per heavy atom. The molecule has 1 saturated heterocycles. The zero-order valence-corrected chi connectivity index (χ0v) is 17.0. The average molecular weight is 414 g/mol. The van der Waals surface area contributed by atoms with Crippen molar-refractivity contribution in [1.29, 1.82) is 0 Å². The van der Waals surface area contributed by atoms with E-state index in [1.54, 1.807) is 6.20 Å². The number of aromatic nitrogens is 2. The summed E-state index contributed by atoms with van der Waals surface area (Å²) in [5.74, 6) is -0.440. The molecule has 1 spiro atoms. The van der Waals surface area contributed by atoms with Crippen LogP contribution in [0, 0.1) is 0 Å². The van der Waals surface area contributed by atoms with Gasteiger partial charge in [0.25, 0.3) is 5.91 Å². The highest BCUT2D eigenvalue weighted by molar-refractivity contribution is 7.99. The molecule has 9 heteroatoms. The number of hydrogen-bond acceptors (Lipinski definition) is 5. The molecule has 2 aromatic rings. The molecule has 2 heterocycles. The number of benzene rings is 1. The van der Waals surface area contributed by atoms with E-state index >= 15 is 0 Å². The number of nitrogens with zero attached hydrogens (tertiary/aromatic N) is 3. The van der Waals surface area contributed by atoms with Gasteiger partial charge >= 0.3 is 6.03 Å². The smallest absolute Gasteiger partial charge is 0.325 e. The van der Waals surface area contributed by atoms with E-state index in [0.717, 1.165) is 22.9 Å². The molecule has 4 amide bonds. The SMILES string of the molecule is Cn1ccnc1Sc1ccccc1NC(=O)CCN1C(=O)NC2(CCCC2)C1=O. The van der Waals surface area contributed by atoms with Gasteiger partial charge in [-0.05, 0) is 36.7 Å². The molecule has 1 aliphatic heterocycles. The van der Waals surface area contributed by atoms with Gasteiger partial charge in [-0.3, -0.25) is 14.5 Å². The van der Waals surface area contributed by atoms with Crippen LogP contribution in [0.5, 0.6) is 0 Å². The second kappa shape index (κ2) is 7.90. The summed E-state index contributed by atoms with van der Waals surface area (Å²) in [5.41, 5.74) is -0.0613. The normalized spacial score (nSPS) is 17.8. The molecule has 1 aromatic heterocycles. The first-order valence-electron chi connectivity index (χ1n) is 9.67. The minimum Gasteiger partial charge on any atom is -0.329 e. The first-order valence-corrected chi connectivity index (χ1v) is 10.5. The van der Waals surface area contributed by atoms with E-state index in [-0.39, 0.29) is 24.8 Å². The number of anilines is 1. The van der Waals surface area contributed by atoms with Gasteiger partial charge in [0.15, 0.2) is 5.16 Å². The quantitative estimate of drug-likeness (QED) is 0.710. The number of carbonyl (C=O) groups is 3. The Bertz CT molecular complexity index is 951. The third-order valence-electron chi connectivity index (χ3n) is 5.40. The molecule has 1 aromatic carbocycles. The number of carbonyl (C=O) groups excluding carboxylic acids is 3. The Hall–Kier alpha value is -2.81. The van der Waals surface area contributed by atoms with Gasteiger partial charge in [-0.25, -0.2) is 9.78 Å². The molecule has 4 rings (SSSR count). The van der Waals surface area contributed by atoms with Gasteiger partial charge < -0.3 is 15.2 Å². The molecule has 0 radical (unpaired) electrons. The molecule has 2 aliphatic rings.